The lowest BCUT2D eigenvalue weighted by atomic mass is 10.0. The summed E-state index contributed by atoms with van der Waals surface area (Å²) in [5, 5.41) is 6.84. The van der Waals surface area contributed by atoms with Gasteiger partial charge >= 0.3 is 5.69 Å². The lowest BCUT2D eigenvalue weighted by Crippen LogP contribution is -2.46. The molecule has 0 aliphatic carbocycles. The van der Waals surface area contributed by atoms with E-state index in [0.29, 0.717) is 11.6 Å². The first-order valence-corrected chi connectivity index (χ1v) is 10.4. The minimum Gasteiger partial charge on any atom is -0.348 e. The predicted octanol–water partition coefficient (Wildman–Crippen LogP) is 3.01. The summed E-state index contributed by atoms with van der Waals surface area (Å²) in [6.07, 6.45) is 0. The van der Waals surface area contributed by atoms with Crippen molar-refractivity contribution in [1.29, 1.82) is 0 Å². The van der Waals surface area contributed by atoms with Crippen molar-refractivity contribution >= 4 is 5.91 Å². The second-order valence-electron chi connectivity index (χ2n) is 8.29. The number of carbonyl (C=O) groups excluding carboxylic acids is 1. The molecule has 0 atom stereocenters. The maximum Gasteiger partial charge on any atom is 0.352 e. The van der Waals surface area contributed by atoms with Crippen LogP contribution in [-0.4, -0.2) is 26.3 Å². The molecule has 3 rings (SSSR count). The number of hydrogen-bond acceptors (Lipinski definition) is 4. The van der Waals surface area contributed by atoms with Gasteiger partial charge in [-0.3, -0.25) is 14.2 Å². The van der Waals surface area contributed by atoms with Crippen LogP contribution in [-0.2, 0) is 6.54 Å². The smallest absolute Gasteiger partial charge is 0.348 e. The van der Waals surface area contributed by atoms with Crippen molar-refractivity contribution in [3.63, 3.8) is 0 Å². The number of nitrogens with one attached hydrogen (secondary N) is 1. The zero-order valence-corrected chi connectivity index (χ0v) is 18.5. The van der Waals surface area contributed by atoms with E-state index >= 15 is 0 Å². The van der Waals surface area contributed by atoms with Crippen molar-refractivity contribution in [2.45, 2.75) is 53.1 Å². The molecule has 0 unspecified atom stereocenters. The van der Waals surface area contributed by atoms with Crippen molar-refractivity contribution in [2.24, 2.45) is 0 Å². The van der Waals surface area contributed by atoms with Gasteiger partial charge in [-0.1, -0.05) is 55.8 Å². The van der Waals surface area contributed by atoms with Crippen LogP contribution in [0, 0.1) is 6.92 Å². The SMILES string of the molecule is Cc1ccc(Cn2c(=O)c(C(=O)NC(C)C)nn(-c3ccc(C(C)C)cc3)c2=O)cc1. The average molecular weight is 421 g/mol. The Kier molecular flexibility index (Phi) is 6.53. The molecule has 162 valence electrons. The van der Waals surface area contributed by atoms with Gasteiger partial charge in [0, 0.05) is 6.04 Å². The van der Waals surface area contributed by atoms with E-state index < -0.39 is 17.2 Å². The van der Waals surface area contributed by atoms with E-state index in [1.165, 1.54) is 0 Å². The molecule has 0 aliphatic rings. The van der Waals surface area contributed by atoms with E-state index in [-0.39, 0.29) is 18.3 Å². The van der Waals surface area contributed by atoms with Gasteiger partial charge in [-0.05, 0) is 49.9 Å². The molecule has 0 saturated heterocycles. The predicted molar refractivity (Wildman–Crippen MR) is 121 cm³/mol. The summed E-state index contributed by atoms with van der Waals surface area (Å²) in [4.78, 5) is 38.9. The largest absolute Gasteiger partial charge is 0.352 e. The number of rotatable bonds is 6. The van der Waals surface area contributed by atoms with Crippen LogP contribution in [0.3, 0.4) is 0 Å². The quantitative estimate of drug-likeness (QED) is 0.664. The summed E-state index contributed by atoms with van der Waals surface area (Å²) in [5.41, 5.74) is 1.85. The van der Waals surface area contributed by atoms with E-state index in [1.807, 2.05) is 43.3 Å². The molecule has 31 heavy (non-hydrogen) atoms. The molecule has 1 heterocycles. The molecule has 2 aromatic carbocycles. The molecule has 7 heteroatoms. The highest BCUT2D eigenvalue weighted by Gasteiger charge is 2.21. The highest BCUT2D eigenvalue weighted by atomic mass is 16.2. The lowest BCUT2D eigenvalue weighted by Gasteiger charge is -2.14. The van der Waals surface area contributed by atoms with Crippen LogP contribution in [0.5, 0.6) is 0 Å². The fraction of sp³-hybridized carbons (Fsp3) is 0.333. The van der Waals surface area contributed by atoms with E-state index in [9.17, 15) is 14.4 Å². The Morgan fingerprint density at radius 1 is 0.968 bits per heavy atom. The molecular formula is C24H28N4O3. The Balaban J connectivity index is 2.17. The van der Waals surface area contributed by atoms with Crippen LogP contribution in [0.25, 0.3) is 5.69 Å². The van der Waals surface area contributed by atoms with Gasteiger partial charge in [0.2, 0.25) is 5.69 Å². The maximum absolute atomic E-state index is 13.2. The molecule has 0 bridgehead atoms. The molecule has 7 nitrogen and oxygen atoms in total. The molecule has 1 amide bonds. The normalized spacial score (nSPS) is 11.2. The third-order valence-electron chi connectivity index (χ3n) is 4.96. The number of hydrogen-bond donors (Lipinski definition) is 1. The summed E-state index contributed by atoms with van der Waals surface area (Å²) < 4.78 is 2.18. The number of carbonyl (C=O) groups is 1. The summed E-state index contributed by atoms with van der Waals surface area (Å²) >= 11 is 0. The van der Waals surface area contributed by atoms with Crippen LogP contribution >= 0.6 is 0 Å². The van der Waals surface area contributed by atoms with Gasteiger partial charge in [0.15, 0.2) is 0 Å². The monoisotopic (exact) mass is 420 g/mol. The highest BCUT2D eigenvalue weighted by Crippen LogP contribution is 2.15. The number of benzene rings is 2. The van der Waals surface area contributed by atoms with Gasteiger partial charge < -0.3 is 5.32 Å². The summed E-state index contributed by atoms with van der Waals surface area (Å²) in [7, 11) is 0. The fourth-order valence-electron chi connectivity index (χ4n) is 3.17. The molecule has 0 spiro atoms. The Morgan fingerprint density at radius 2 is 1.58 bits per heavy atom. The van der Waals surface area contributed by atoms with Crippen LogP contribution < -0.4 is 16.6 Å². The molecule has 0 fully saturated rings. The van der Waals surface area contributed by atoms with Gasteiger partial charge in [0.05, 0.1) is 12.2 Å². The lowest BCUT2D eigenvalue weighted by molar-refractivity contribution is 0.0933. The molecule has 1 aromatic heterocycles. The van der Waals surface area contributed by atoms with Crippen LogP contribution in [0.2, 0.25) is 0 Å². The standard InChI is InChI=1S/C24H28N4O3/c1-15(2)19-10-12-20(13-11-19)28-24(31)27(14-18-8-6-17(5)7-9-18)23(30)21(26-28)22(29)25-16(3)4/h6-13,15-16H,14H2,1-5H3,(H,25,29). The average Bonchev–Trinajstić information content (AvgIpc) is 2.72. The van der Waals surface area contributed by atoms with Gasteiger partial charge in [0.1, 0.15) is 0 Å². The Labute approximate surface area is 181 Å². The highest BCUT2D eigenvalue weighted by molar-refractivity contribution is 5.91. The minimum absolute atomic E-state index is 0.0481. The van der Waals surface area contributed by atoms with E-state index in [4.69, 9.17) is 0 Å². The number of amides is 1. The van der Waals surface area contributed by atoms with Crippen LogP contribution in [0.15, 0.2) is 58.1 Å². The van der Waals surface area contributed by atoms with Crippen molar-refractivity contribution in [1.82, 2.24) is 19.7 Å². The molecule has 0 radical (unpaired) electrons. The van der Waals surface area contributed by atoms with Crippen LogP contribution in [0.4, 0.5) is 0 Å². The van der Waals surface area contributed by atoms with Crippen molar-refractivity contribution < 1.29 is 4.79 Å². The maximum atomic E-state index is 13.2. The Bertz CT molecular complexity index is 1190. The summed E-state index contributed by atoms with van der Waals surface area (Å²) in [6.45, 7) is 9.76. The topological polar surface area (TPSA) is 86.0 Å². The Morgan fingerprint density at radius 3 is 2.13 bits per heavy atom. The minimum atomic E-state index is -0.709. The van der Waals surface area contributed by atoms with E-state index in [1.54, 1.807) is 26.0 Å². The third-order valence-corrected chi connectivity index (χ3v) is 4.96. The van der Waals surface area contributed by atoms with Crippen molar-refractivity contribution in [3.8, 4) is 5.69 Å². The first kappa shape index (κ1) is 22.2. The number of nitrogens with zero attached hydrogens (tertiary/aromatic N) is 3. The van der Waals surface area contributed by atoms with Crippen molar-refractivity contribution in [2.75, 3.05) is 0 Å². The number of aryl methyl sites for hydroxylation is 1. The zero-order chi connectivity index (χ0) is 22.7. The first-order chi connectivity index (χ1) is 14.7. The molecular weight excluding hydrogens is 392 g/mol. The van der Waals surface area contributed by atoms with Gasteiger partial charge in [-0.2, -0.15) is 9.78 Å². The molecule has 3 aromatic rings. The fourth-order valence-corrected chi connectivity index (χ4v) is 3.17. The molecule has 0 saturated carbocycles. The zero-order valence-electron chi connectivity index (χ0n) is 18.5. The first-order valence-electron chi connectivity index (χ1n) is 10.4. The van der Waals surface area contributed by atoms with Crippen LogP contribution in [0.1, 0.15) is 60.8 Å². The molecule has 0 aliphatic heterocycles. The summed E-state index contributed by atoms with van der Waals surface area (Å²) in [6, 6.07) is 14.7. The summed E-state index contributed by atoms with van der Waals surface area (Å²) in [5.74, 6) is -0.271. The van der Waals surface area contributed by atoms with E-state index in [2.05, 4.69) is 24.3 Å². The Hall–Kier alpha value is -3.48. The van der Waals surface area contributed by atoms with Gasteiger partial charge in [0.25, 0.3) is 11.5 Å². The molecule has 1 N–H and O–H groups in total. The second-order valence-corrected chi connectivity index (χ2v) is 8.29. The van der Waals surface area contributed by atoms with Gasteiger partial charge in [-0.25, -0.2) is 4.79 Å². The third kappa shape index (κ3) is 4.99. The second kappa shape index (κ2) is 9.12. The van der Waals surface area contributed by atoms with E-state index in [0.717, 1.165) is 25.9 Å². The van der Waals surface area contributed by atoms with Crippen molar-refractivity contribution in [3.05, 3.63) is 91.8 Å². The number of aromatic nitrogens is 3. The van der Waals surface area contributed by atoms with Gasteiger partial charge in [-0.15, -0.1) is 0 Å².